The molecule has 8 aromatic carbocycles. The first-order valence-electron chi connectivity index (χ1n) is 18.8. The third kappa shape index (κ3) is 5.37. The minimum Gasteiger partial charge on any atom is -0.456 e. The molecule has 262 valence electrons. The summed E-state index contributed by atoms with van der Waals surface area (Å²) in [5.41, 5.74) is 12.3. The van der Waals surface area contributed by atoms with E-state index in [9.17, 15) is 0 Å². The fourth-order valence-corrected chi connectivity index (χ4v) is 7.97. The van der Waals surface area contributed by atoms with Crippen LogP contribution in [0.1, 0.15) is 0 Å². The number of nitrogens with zero attached hydrogens (tertiary/aromatic N) is 4. The van der Waals surface area contributed by atoms with Crippen LogP contribution in [-0.4, -0.2) is 19.5 Å². The van der Waals surface area contributed by atoms with Crippen molar-refractivity contribution in [2.45, 2.75) is 0 Å². The standard InChI is InChI=1S/C51H32N4O/c1-4-14-33(15-5-1)39-27-25-38(51-53-49(34-16-6-2-7-17-34)52-50(54-51)35-18-8-3-9-19-35)32-45(39)55-44-22-12-10-20-40(44)41-28-24-37(31-46(41)55)36-26-29-48-43(30-36)42-21-11-13-23-47(42)56-48/h1-32H. The second-order valence-corrected chi connectivity index (χ2v) is 14.0. The number of hydrogen-bond donors (Lipinski definition) is 0. The van der Waals surface area contributed by atoms with E-state index in [1.807, 2.05) is 72.8 Å². The molecule has 0 aliphatic rings. The molecular formula is C51H32N4O. The van der Waals surface area contributed by atoms with Gasteiger partial charge in [0.05, 0.1) is 16.7 Å². The van der Waals surface area contributed by atoms with Crippen molar-refractivity contribution in [1.29, 1.82) is 0 Å². The van der Waals surface area contributed by atoms with E-state index in [0.29, 0.717) is 17.5 Å². The molecule has 0 saturated heterocycles. The maximum absolute atomic E-state index is 6.18. The molecule has 0 spiro atoms. The summed E-state index contributed by atoms with van der Waals surface area (Å²) >= 11 is 0. The van der Waals surface area contributed by atoms with Crippen LogP contribution in [0.15, 0.2) is 199 Å². The Morgan fingerprint density at radius 2 is 0.839 bits per heavy atom. The average Bonchev–Trinajstić information content (AvgIpc) is 3.82. The van der Waals surface area contributed by atoms with Gasteiger partial charge in [-0.3, -0.25) is 0 Å². The normalized spacial score (nSPS) is 11.6. The predicted molar refractivity (Wildman–Crippen MR) is 229 cm³/mol. The Labute approximate surface area is 322 Å². The van der Waals surface area contributed by atoms with Crippen molar-refractivity contribution in [3.63, 3.8) is 0 Å². The Bertz CT molecular complexity index is 3180. The Hall–Kier alpha value is -7.63. The second kappa shape index (κ2) is 13.0. The summed E-state index contributed by atoms with van der Waals surface area (Å²) < 4.78 is 8.59. The lowest BCUT2D eigenvalue weighted by atomic mass is 10.00. The maximum Gasteiger partial charge on any atom is 0.164 e. The quantitative estimate of drug-likeness (QED) is 0.172. The van der Waals surface area contributed by atoms with E-state index < -0.39 is 0 Å². The van der Waals surface area contributed by atoms with Gasteiger partial charge in [-0.05, 0) is 53.1 Å². The van der Waals surface area contributed by atoms with Crippen molar-refractivity contribution in [3.05, 3.63) is 194 Å². The lowest BCUT2D eigenvalue weighted by Gasteiger charge is -2.17. The zero-order chi connectivity index (χ0) is 37.0. The fourth-order valence-electron chi connectivity index (χ4n) is 7.97. The molecule has 0 saturated carbocycles. The predicted octanol–water partition coefficient (Wildman–Crippen LogP) is 13.2. The zero-order valence-corrected chi connectivity index (χ0v) is 30.2. The maximum atomic E-state index is 6.18. The molecule has 56 heavy (non-hydrogen) atoms. The van der Waals surface area contributed by atoms with Crippen LogP contribution in [0.2, 0.25) is 0 Å². The van der Waals surface area contributed by atoms with Gasteiger partial charge in [0.1, 0.15) is 11.2 Å². The van der Waals surface area contributed by atoms with Gasteiger partial charge in [-0.2, -0.15) is 0 Å². The lowest BCUT2D eigenvalue weighted by molar-refractivity contribution is 0.669. The smallest absolute Gasteiger partial charge is 0.164 e. The first-order chi connectivity index (χ1) is 27.7. The summed E-state index contributed by atoms with van der Waals surface area (Å²) in [6.45, 7) is 0. The topological polar surface area (TPSA) is 56.7 Å². The summed E-state index contributed by atoms with van der Waals surface area (Å²) in [7, 11) is 0. The lowest BCUT2D eigenvalue weighted by Crippen LogP contribution is -2.02. The molecule has 0 aliphatic heterocycles. The third-order valence-corrected chi connectivity index (χ3v) is 10.7. The summed E-state index contributed by atoms with van der Waals surface area (Å²) in [6.07, 6.45) is 0. The van der Waals surface area contributed by atoms with Crippen molar-refractivity contribution in [2.75, 3.05) is 0 Å². The van der Waals surface area contributed by atoms with E-state index in [1.165, 1.54) is 10.8 Å². The molecule has 0 unspecified atom stereocenters. The van der Waals surface area contributed by atoms with Gasteiger partial charge in [0.25, 0.3) is 0 Å². The number of para-hydroxylation sites is 2. The molecule has 5 heteroatoms. The summed E-state index contributed by atoms with van der Waals surface area (Å²) in [5.74, 6) is 1.87. The Balaban J connectivity index is 1.16. The van der Waals surface area contributed by atoms with Crippen LogP contribution in [0.3, 0.4) is 0 Å². The van der Waals surface area contributed by atoms with Gasteiger partial charge in [-0.25, -0.2) is 15.0 Å². The van der Waals surface area contributed by atoms with Gasteiger partial charge >= 0.3 is 0 Å². The molecule has 0 bridgehead atoms. The van der Waals surface area contributed by atoms with Crippen molar-refractivity contribution in [2.24, 2.45) is 0 Å². The fraction of sp³-hybridized carbons (Fsp3) is 0. The van der Waals surface area contributed by atoms with Crippen molar-refractivity contribution in [1.82, 2.24) is 19.5 Å². The van der Waals surface area contributed by atoms with Crippen LogP contribution in [-0.2, 0) is 0 Å². The Morgan fingerprint density at radius 1 is 0.321 bits per heavy atom. The van der Waals surface area contributed by atoms with Crippen molar-refractivity contribution >= 4 is 43.7 Å². The molecule has 0 amide bonds. The number of benzene rings is 8. The third-order valence-electron chi connectivity index (χ3n) is 10.7. The second-order valence-electron chi connectivity index (χ2n) is 14.0. The Kier molecular flexibility index (Phi) is 7.42. The molecule has 0 fully saturated rings. The van der Waals surface area contributed by atoms with E-state index in [2.05, 4.69) is 126 Å². The van der Waals surface area contributed by atoms with E-state index in [4.69, 9.17) is 19.4 Å². The molecule has 11 rings (SSSR count). The molecule has 0 aliphatic carbocycles. The highest BCUT2D eigenvalue weighted by Crippen LogP contribution is 2.40. The monoisotopic (exact) mass is 716 g/mol. The highest BCUT2D eigenvalue weighted by atomic mass is 16.3. The minimum absolute atomic E-state index is 0.612. The first kappa shape index (κ1) is 31.9. The zero-order valence-electron chi connectivity index (χ0n) is 30.2. The van der Waals surface area contributed by atoms with Gasteiger partial charge in [0, 0.05) is 43.8 Å². The number of fused-ring (bicyclic) bond motifs is 6. The van der Waals surface area contributed by atoms with Crippen LogP contribution in [0.25, 0.3) is 106 Å². The highest BCUT2D eigenvalue weighted by Gasteiger charge is 2.20. The molecule has 3 heterocycles. The first-order valence-corrected chi connectivity index (χ1v) is 18.8. The molecule has 0 N–H and O–H groups in total. The van der Waals surface area contributed by atoms with Crippen molar-refractivity contribution in [3.8, 4) is 62.1 Å². The van der Waals surface area contributed by atoms with E-state index >= 15 is 0 Å². The van der Waals surface area contributed by atoms with Crippen LogP contribution >= 0.6 is 0 Å². The van der Waals surface area contributed by atoms with Gasteiger partial charge < -0.3 is 8.98 Å². The van der Waals surface area contributed by atoms with Crippen LogP contribution in [0, 0.1) is 0 Å². The van der Waals surface area contributed by atoms with E-state index in [1.54, 1.807) is 0 Å². The van der Waals surface area contributed by atoms with Crippen LogP contribution in [0.5, 0.6) is 0 Å². The molecule has 0 atom stereocenters. The molecule has 5 nitrogen and oxygen atoms in total. The number of aromatic nitrogens is 4. The molecule has 3 aromatic heterocycles. The number of hydrogen-bond acceptors (Lipinski definition) is 4. The number of rotatable bonds is 6. The van der Waals surface area contributed by atoms with Crippen molar-refractivity contribution < 1.29 is 4.42 Å². The van der Waals surface area contributed by atoms with Gasteiger partial charge in [0.2, 0.25) is 0 Å². The SMILES string of the molecule is c1ccc(-c2nc(-c3ccccc3)nc(-c3ccc(-c4ccccc4)c(-n4c5ccccc5c5ccc(-c6ccc7oc8ccccc8c7c6)cc54)c3)n2)cc1. The van der Waals surface area contributed by atoms with E-state index in [-0.39, 0.29) is 0 Å². The summed E-state index contributed by atoms with van der Waals surface area (Å²) in [6, 6.07) is 67.6. The largest absolute Gasteiger partial charge is 0.456 e. The summed E-state index contributed by atoms with van der Waals surface area (Å²) in [4.78, 5) is 15.2. The van der Waals surface area contributed by atoms with Gasteiger partial charge in [-0.1, -0.05) is 158 Å². The van der Waals surface area contributed by atoms with Crippen LogP contribution in [0.4, 0.5) is 0 Å². The van der Waals surface area contributed by atoms with Crippen LogP contribution < -0.4 is 0 Å². The number of furan rings is 1. The molecular weight excluding hydrogens is 685 g/mol. The summed E-state index contributed by atoms with van der Waals surface area (Å²) in [5, 5.41) is 4.60. The molecule has 0 radical (unpaired) electrons. The highest BCUT2D eigenvalue weighted by molar-refractivity contribution is 6.11. The average molecular weight is 717 g/mol. The van der Waals surface area contributed by atoms with Gasteiger partial charge in [0.15, 0.2) is 17.5 Å². The molecule has 11 aromatic rings. The Morgan fingerprint density at radius 3 is 1.55 bits per heavy atom. The minimum atomic E-state index is 0.612. The van der Waals surface area contributed by atoms with E-state index in [0.717, 1.165) is 77.6 Å². The van der Waals surface area contributed by atoms with Gasteiger partial charge in [-0.15, -0.1) is 0 Å².